The standard InChI is InChI=1S/C32H37N5O5/c1-41-29-9-6-21(16-28(29)38)18-35-19-22-17-27(25-7-8-26(33)24-5-3-2-4-23(24)25)37-31(40)36(30(39)32(22,37)20-35)11-10-34-12-14-42-15-13-34/h2-9,16,22,27,38H,10-15,17-20,33H2,1H3/t22-,27?,32+/m1/s1. The van der Waals surface area contributed by atoms with Crippen LogP contribution in [0.2, 0.25) is 0 Å². The van der Waals surface area contributed by atoms with E-state index >= 15 is 0 Å². The number of benzene rings is 3. The molecule has 0 bridgehead atoms. The fourth-order valence-electron chi connectivity index (χ4n) is 7.67. The number of imide groups is 1. The molecule has 3 amide bonds. The third kappa shape index (κ3) is 4.20. The molecule has 1 unspecified atom stereocenters. The number of phenolic OH excluding ortho intramolecular Hbond substituents is 1. The van der Waals surface area contributed by atoms with Gasteiger partial charge in [0.1, 0.15) is 5.54 Å². The van der Waals surface area contributed by atoms with Crippen LogP contribution in [0.15, 0.2) is 54.6 Å². The molecule has 4 saturated heterocycles. The molecular weight excluding hydrogens is 534 g/mol. The van der Waals surface area contributed by atoms with Crippen LogP contribution in [0.25, 0.3) is 10.8 Å². The number of morpholine rings is 1. The first-order chi connectivity index (χ1) is 20.4. The molecule has 4 aliphatic rings. The number of nitrogen functional groups attached to an aromatic ring is 1. The lowest BCUT2D eigenvalue weighted by molar-refractivity contribution is -0.133. The van der Waals surface area contributed by atoms with Gasteiger partial charge in [-0.2, -0.15) is 0 Å². The van der Waals surface area contributed by atoms with E-state index in [-0.39, 0.29) is 29.6 Å². The van der Waals surface area contributed by atoms with Crippen LogP contribution in [0.5, 0.6) is 11.5 Å². The Morgan fingerprint density at radius 2 is 1.81 bits per heavy atom. The Labute approximate surface area is 245 Å². The van der Waals surface area contributed by atoms with Gasteiger partial charge in [-0.05, 0) is 41.1 Å². The van der Waals surface area contributed by atoms with Gasteiger partial charge in [-0.3, -0.25) is 19.5 Å². The summed E-state index contributed by atoms with van der Waals surface area (Å²) in [5.74, 6) is 0.405. The molecule has 10 heteroatoms. The lowest BCUT2D eigenvalue weighted by atomic mass is 9.87. The molecule has 10 nitrogen and oxygen atoms in total. The number of nitrogens with zero attached hydrogens (tertiary/aromatic N) is 4. The summed E-state index contributed by atoms with van der Waals surface area (Å²) in [6.07, 6.45) is 0.701. The van der Waals surface area contributed by atoms with Crippen LogP contribution in [0.1, 0.15) is 23.6 Å². The summed E-state index contributed by atoms with van der Waals surface area (Å²) in [5.41, 5.74) is 8.08. The monoisotopic (exact) mass is 571 g/mol. The van der Waals surface area contributed by atoms with Gasteiger partial charge in [0.05, 0.1) is 26.4 Å². The van der Waals surface area contributed by atoms with Gasteiger partial charge in [-0.1, -0.05) is 36.4 Å². The van der Waals surface area contributed by atoms with Gasteiger partial charge >= 0.3 is 6.03 Å². The number of hydrogen-bond donors (Lipinski definition) is 2. The summed E-state index contributed by atoms with van der Waals surface area (Å²) in [4.78, 5) is 36.6. The van der Waals surface area contributed by atoms with E-state index in [1.54, 1.807) is 12.1 Å². The first kappa shape index (κ1) is 27.0. The van der Waals surface area contributed by atoms with Crippen molar-refractivity contribution in [1.29, 1.82) is 0 Å². The lowest BCUT2D eigenvalue weighted by Crippen LogP contribution is -2.51. The summed E-state index contributed by atoms with van der Waals surface area (Å²) in [6, 6.07) is 17.0. The first-order valence-corrected chi connectivity index (χ1v) is 14.7. The minimum absolute atomic E-state index is 0.0181. The molecule has 3 aromatic rings. The largest absolute Gasteiger partial charge is 0.504 e. The van der Waals surface area contributed by atoms with E-state index in [1.165, 1.54) is 12.0 Å². The highest BCUT2D eigenvalue weighted by atomic mass is 16.5. The van der Waals surface area contributed by atoms with Crippen molar-refractivity contribution in [3.05, 3.63) is 65.7 Å². The van der Waals surface area contributed by atoms with E-state index in [2.05, 4.69) is 15.9 Å². The normalized spacial score (nSPS) is 26.3. The number of anilines is 1. The molecule has 3 aromatic carbocycles. The summed E-state index contributed by atoms with van der Waals surface area (Å²) in [7, 11) is 1.53. The fraction of sp³-hybridized carbons (Fsp3) is 0.438. The third-order valence-corrected chi connectivity index (χ3v) is 9.66. The Balaban J connectivity index is 1.22. The molecule has 220 valence electrons. The number of fused-ring (bicyclic) bond motifs is 1. The Kier molecular flexibility index (Phi) is 6.72. The van der Waals surface area contributed by atoms with Crippen LogP contribution in [0, 0.1) is 5.92 Å². The number of likely N-dealkylation sites (tertiary alicyclic amines) is 1. The van der Waals surface area contributed by atoms with Gasteiger partial charge in [-0.25, -0.2) is 4.79 Å². The van der Waals surface area contributed by atoms with Gasteiger partial charge in [-0.15, -0.1) is 0 Å². The van der Waals surface area contributed by atoms with Crippen molar-refractivity contribution in [2.24, 2.45) is 5.92 Å². The molecule has 4 aliphatic heterocycles. The van der Waals surface area contributed by atoms with Crippen molar-refractivity contribution in [2.75, 3.05) is 65.3 Å². The number of nitrogens with two attached hydrogens (primary N) is 1. The van der Waals surface area contributed by atoms with Crippen LogP contribution < -0.4 is 10.5 Å². The SMILES string of the molecule is COc1ccc(CN2C[C@H]3CC(c4ccc(N)c5ccccc45)N4C(=O)N(CCN5CCOCC5)C(=O)[C@]34C2)cc1O. The molecule has 4 fully saturated rings. The lowest BCUT2D eigenvalue weighted by Gasteiger charge is -2.32. The fourth-order valence-corrected chi connectivity index (χ4v) is 7.67. The molecule has 0 radical (unpaired) electrons. The van der Waals surface area contributed by atoms with E-state index in [0.717, 1.165) is 35.0 Å². The number of phenols is 1. The molecular formula is C32H37N5O5. The van der Waals surface area contributed by atoms with Crippen LogP contribution in [-0.4, -0.2) is 102 Å². The molecule has 0 saturated carbocycles. The minimum Gasteiger partial charge on any atom is -0.504 e. The number of aromatic hydroxyl groups is 1. The number of amides is 3. The van der Waals surface area contributed by atoms with Crippen molar-refractivity contribution in [3.8, 4) is 11.5 Å². The molecule has 0 aromatic heterocycles. The Hall–Kier alpha value is -3.86. The number of ether oxygens (including phenoxy) is 2. The molecule has 7 rings (SSSR count). The van der Waals surface area contributed by atoms with Crippen LogP contribution in [-0.2, 0) is 16.1 Å². The predicted octanol–water partition coefficient (Wildman–Crippen LogP) is 3.05. The van der Waals surface area contributed by atoms with Crippen LogP contribution >= 0.6 is 0 Å². The van der Waals surface area contributed by atoms with E-state index < -0.39 is 5.54 Å². The van der Waals surface area contributed by atoms with E-state index in [4.69, 9.17) is 15.2 Å². The van der Waals surface area contributed by atoms with Gasteiger partial charge < -0.3 is 25.2 Å². The average Bonchev–Trinajstić information content (AvgIpc) is 3.57. The van der Waals surface area contributed by atoms with E-state index in [1.807, 2.05) is 41.3 Å². The molecule has 3 N–H and O–H groups in total. The van der Waals surface area contributed by atoms with E-state index in [9.17, 15) is 14.7 Å². The van der Waals surface area contributed by atoms with Crippen molar-refractivity contribution in [2.45, 2.75) is 24.5 Å². The highest BCUT2D eigenvalue weighted by Gasteiger charge is 2.70. The van der Waals surface area contributed by atoms with Crippen molar-refractivity contribution in [1.82, 2.24) is 19.6 Å². The van der Waals surface area contributed by atoms with Gasteiger partial charge in [0.25, 0.3) is 5.91 Å². The second-order valence-electron chi connectivity index (χ2n) is 11.9. The maximum atomic E-state index is 14.4. The second kappa shape index (κ2) is 10.4. The Morgan fingerprint density at radius 3 is 2.57 bits per heavy atom. The molecule has 1 spiro atoms. The summed E-state index contributed by atoms with van der Waals surface area (Å²) in [5, 5.41) is 12.3. The third-order valence-electron chi connectivity index (χ3n) is 9.66. The molecule has 4 heterocycles. The van der Waals surface area contributed by atoms with E-state index in [0.29, 0.717) is 63.8 Å². The smallest absolute Gasteiger partial charge is 0.328 e. The van der Waals surface area contributed by atoms with Crippen molar-refractivity contribution in [3.63, 3.8) is 0 Å². The Bertz CT molecular complexity index is 1540. The van der Waals surface area contributed by atoms with Gasteiger partial charge in [0.2, 0.25) is 0 Å². The van der Waals surface area contributed by atoms with Crippen molar-refractivity contribution >= 4 is 28.4 Å². The molecule has 0 aliphatic carbocycles. The first-order valence-electron chi connectivity index (χ1n) is 14.7. The minimum atomic E-state index is -0.927. The maximum Gasteiger partial charge on any atom is 0.328 e. The highest BCUT2D eigenvalue weighted by Crippen LogP contribution is 2.55. The number of rotatable bonds is 7. The van der Waals surface area contributed by atoms with Crippen molar-refractivity contribution < 1.29 is 24.2 Å². The quantitative estimate of drug-likeness (QED) is 0.329. The predicted molar refractivity (Wildman–Crippen MR) is 158 cm³/mol. The topological polar surface area (TPSA) is 112 Å². The van der Waals surface area contributed by atoms with Gasteiger partial charge in [0, 0.05) is 62.8 Å². The number of methoxy groups -OCH3 is 1. The summed E-state index contributed by atoms with van der Waals surface area (Å²) in [6.45, 7) is 5.64. The zero-order valence-corrected chi connectivity index (χ0v) is 23.9. The van der Waals surface area contributed by atoms with Crippen LogP contribution in [0.4, 0.5) is 10.5 Å². The highest BCUT2D eigenvalue weighted by molar-refractivity contribution is 6.09. The Morgan fingerprint density at radius 1 is 1.02 bits per heavy atom. The second-order valence-corrected chi connectivity index (χ2v) is 11.9. The maximum absolute atomic E-state index is 14.4. The number of hydrogen-bond acceptors (Lipinski definition) is 8. The average molecular weight is 572 g/mol. The number of carbonyl (C=O) groups is 2. The zero-order valence-electron chi connectivity index (χ0n) is 23.9. The van der Waals surface area contributed by atoms with Crippen LogP contribution in [0.3, 0.4) is 0 Å². The molecule has 42 heavy (non-hydrogen) atoms. The molecule has 3 atom stereocenters. The number of carbonyl (C=O) groups excluding carboxylic acids is 2. The van der Waals surface area contributed by atoms with Gasteiger partial charge in [0.15, 0.2) is 11.5 Å². The summed E-state index contributed by atoms with van der Waals surface area (Å²) < 4.78 is 10.7. The summed E-state index contributed by atoms with van der Waals surface area (Å²) >= 11 is 0. The number of urea groups is 1. The zero-order chi connectivity index (χ0) is 29.0.